The van der Waals surface area contributed by atoms with Gasteiger partial charge in [0.2, 0.25) is 0 Å². The van der Waals surface area contributed by atoms with Crippen LogP contribution in [0.5, 0.6) is 0 Å². The predicted molar refractivity (Wildman–Crippen MR) is 83.1 cm³/mol. The summed E-state index contributed by atoms with van der Waals surface area (Å²) < 4.78 is 18.0. The van der Waals surface area contributed by atoms with Crippen LogP contribution in [0.2, 0.25) is 0 Å². The number of hydrogen-bond acceptors (Lipinski definition) is 7. The molecule has 23 heavy (non-hydrogen) atoms. The minimum absolute atomic E-state index is 0.00740. The van der Waals surface area contributed by atoms with Gasteiger partial charge in [-0.3, -0.25) is 0 Å². The Morgan fingerprint density at radius 3 is 2.70 bits per heavy atom. The zero-order chi connectivity index (χ0) is 16.2. The lowest BCUT2D eigenvalue weighted by Crippen LogP contribution is -2.11. The molecule has 2 heterocycles. The summed E-state index contributed by atoms with van der Waals surface area (Å²) in [4.78, 5) is 23.8. The highest BCUT2D eigenvalue weighted by Gasteiger charge is 2.14. The second-order valence-corrected chi connectivity index (χ2v) is 5.38. The topological polar surface area (TPSA) is 91.0 Å². The molecule has 0 aliphatic heterocycles. The van der Waals surface area contributed by atoms with Gasteiger partial charge in [-0.15, -0.1) is 11.3 Å². The van der Waals surface area contributed by atoms with Gasteiger partial charge in [0, 0.05) is 23.3 Å². The van der Waals surface area contributed by atoms with Gasteiger partial charge in [-0.2, -0.15) is 0 Å². The summed E-state index contributed by atoms with van der Waals surface area (Å²) in [7, 11) is 0. The van der Waals surface area contributed by atoms with E-state index in [1.165, 1.54) is 35.9 Å². The fraction of sp³-hybridized carbons (Fsp3) is 0.0667. The van der Waals surface area contributed by atoms with Crippen LogP contribution in [0.25, 0.3) is 10.6 Å². The molecule has 116 valence electrons. The van der Waals surface area contributed by atoms with E-state index < -0.39 is 5.97 Å². The number of carbonyl (C=O) groups excluding carboxylic acids is 1. The highest BCUT2D eigenvalue weighted by atomic mass is 32.1. The summed E-state index contributed by atoms with van der Waals surface area (Å²) in [5.74, 6) is -0.948. The molecule has 0 bridgehead atoms. The van der Waals surface area contributed by atoms with E-state index in [-0.39, 0.29) is 23.9 Å². The Kier molecular flexibility index (Phi) is 4.24. The van der Waals surface area contributed by atoms with Crippen LogP contribution < -0.4 is 5.73 Å². The third-order valence-corrected chi connectivity index (χ3v) is 3.85. The molecule has 0 atom stereocenters. The SMILES string of the molecule is Nc1nccnc1C(=O)OCc1csc(-c2ccc(F)cc2)n1. The van der Waals surface area contributed by atoms with Crippen molar-refractivity contribution in [2.45, 2.75) is 6.61 Å². The summed E-state index contributed by atoms with van der Waals surface area (Å²) in [5.41, 5.74) is 6.92. The molecule has 2 N–H and O–H groups in total. The van der Waals surface area contributed by atoms with Crippen LogP contribution in [-0.2, 0) is 11.3 Å². The molecule has 6 nitrogen and oxygen atoms in total. The van der Waals surface area contributed by atoms with Crippen molar-refractivity contribution in [2.75, 3.05) is 5.73 Å². The second kappa shape index (κ2) is 6.49. The van der Waals surface area contributed by atoms with Crippen LogP contribution in [0.3, 0.4) is 0 Å². The van der Waals surface area contributed by atoms with Crippen molar-refractivity contribution in [2.24, 2.45) is 0 Å². The van der Waals surface area contributed by atoms with E-state index >= 15 is 0 Å². The number of anilines is 1. The lowest BCUT2D eigenvalue weighted by Gasteiger charge is -2.03. The number of rotatable bonds is 4. The molecule has 0 saturated heterocycles. The number of nitrogens with zero attached hydrogens (tertiary/aromatic N) is 3. The predicted octanol–water partition coefficient (Wildman–Crippen LogP) is 2.68. The molecular weight excluding hydrogens is 319 g/mol. The Hall–Kier alpha value is -2.87. The molecule has 3 aromatic rings. The van der Waals surface area contributed by atoms with Crippen LogP contribution in [0.15, 0.2) is 42.0 Å². The number of esters is 1. The number of aromatic nitrogens is 3. The van der Waals surface area contributed by atoms with Crippen molar-refractivity contribution in [3.63, 3.8) is 0 Å². The largest absolute Gasteiger partial charge is 0.454 e. The first-order valence-electron chi connectivity index (χ1n) is 6.57. The number of nitrogen functional groups attached to an aromatic ring is 1. The fourth-order valence-corrected chi connectivity index (χ4v) is 2.62. The standard InChI is InChI=1S/C15H11FN4O2S/c16-10-3-1-9(2-4-10)14-20-11(8-23-14)7-22-15(21)12-13(17)19-6-5-18-12/h1-6,8H,7H2,(H2,17,19). The van der Waals surface area contributed by atoms with Gasteiger partial charge in [0.1, 0.15) is 17.4 Å². The highest BCUT2D eigenvalue weighted by molar-refractivity contribution is 7.13. The first-order chi connectivity index (χ1) is 11.1. The molecule has 0 saturated carbocycles. The molecule has 0 unspecified atom stereocenters. The molecule has 0 amide bonds. The van der Waals surface area contributed by atoms with E-state index in [2.05, 4.69) is 15.0 Å². The molecule has 8 heteroatoms. The van der Waals surface area contributed by atoms with Crippen LogP contribution in [0.4, 0.5) is 10.2 Å². The molecule has 0 aliphatic rings. The number of benzene rings is 1. The Labute approximate surface area is 134 Å². The Morgan fingerprint density at radius 1 is 1.22 bits per heavy atom. The lowest BCUT2D eigenvalue weighted by molar-refractivity contribution is 0.0462. The summed E-state index contributed by atoms with van der Waals surface area (Å²) in [6, 6.07) is 6.02. The lowest BCUT2D eigenvalue weighted by atomic mass is 10.2. The normalized spacial score (nSPS) is 10.5. The van der Waals surface area contributed by atoms with Gasteiger partial charge in [0.15, 0.2) is 11.5 Å². The number of ether oxygens (including phenoxy) is 1. The quantitative estimate of drug-likeness (QED) is 0.740. The first kappa shape index (κ1) is 15.0. The summed E-state index contributed by atoms with van der Waals surface area (Å²) in [5, 5.41) is 2.49. The monoisotopic (exact) mass is 330 g/mol. The van der Waals surface area contributed by atoms with Crippen LogP contribution in [0.1, 0.15) is 16.2 Å². The number of thiazole rings is 1. The van der Waals surface area contributed by atoms with Gasteiger partial charge >= 0.3 is 5.97 Å². The maximum Gasteiger partial charge on any atom is 0.361 e. The Bertz CT molecular complexity index is 836. The fourth-order valence-electron chi connectivity index (χ4n) is 1.81. The van der Waals surface area contributed by atoms with Gasteiger partial charge in [-0.25, -0.2) is 24.1 Å². The molecule has 1 aromatic carbocycles. The van der Waals surface area contributed by atoms with Gasteiger partial charge in [0.05, 0.1) is 5.69 Å². The third-order valence-electron chi connectivity index (χ3n) is 2.91. The van der Waals surface area contributed by atoms with E-state index in [1.807, 2.05) is 0 Å². The maximum atomic E-state index is 12.9. The van der Waals surface area contributed by atoms with Crippen molar-refractivity contribution in [1.29, 1.82) is 0 Å². The van der Waals surface area contributed by atoms with Crippen LogP contribution in [-0.4, -0.2) is 20.9 Å². The summed E-state index contributed by atoms with van der Waals surface area (Å²) in [6.07, 6.45) is 2.75. The zero-order valence-electron chi connectivity index (χ0n) is 11.8. The summed E-state index contributed by atoms with van der Waals surface area (Å²) in [6.45, 7) is -0.00740. The third kappa shape index (κ3) is 3.49. The number of hydrogen-bond donors (Lipinski definition) is 1. The smallest absolute Gasteiger partial charge is 0.361 e. The average Bonchev–Trinajstić information content (AvgIpc) is 3.03. The van der Waals surface area contributed by atoms with Crippen molar-refractivity contribution < 1.29 is 13.9 Å². The van der Waals surface area contributed by atoms with E-state index in [1.54, 1.807) is 17.5 Å². The molecule has 2 aromatic heterocycles. The number of halogens is 1. The minimum atomic E-state index is -0.660. The average molecular weight is 330 g/mol. The van der Waals surface area contributed by atoms with Crippen LogP contribution in [0, 0.1) is 5.82 Å². The molecule has 0 radical (unpaired) electrons. The Balaban J connectivity index is 1.67. The van der Waals surface area contributed by atoms with E-state index in [0.717, 1.165) is 10.6 Å². The van der Waals surface area contributed by atoms with Gasteiger partial charge in [-0.05, 0) is 24.3 Å². The zero-order valence-corrected chi connectivity index (χ0v) is 12.6. The molecule has 0 aliphatic carbocycles. The summed E-state index contributed by atoms with van der Waals surface area (Å²) >= 11 is 1.38. The maximum absolute atomic E-state index is 12.9. The van der Waals surface area contributed by atoms with E-state index in [9.17, 15) is 9.18 Å². The minimum Gasteiger partial charge on any atom is -0.454 e. The molecule has 3 rings (SSSR count). The van der Waals surface area contributed by atoms with E-state index in [0.29, 0.717) is 5.69 Å². The second-order valence-electron chi connectivity index (χ2n) is 4.52. The van der Waals surface area contributed by atoms with Crippen molar-refractivity contribution in [3.8, 4) is 10.6 Å². The van der Waals surface area contributed by atoms with Gasteiger partial charge in [-0.1, -0.05) is 0 Å². The first-order valence-corrected chi connectivity index (χ1v) is 7.45. The van der Waals surface area contributed by atoms with Crippen molar-refractivity contribution in [1.82, 2.24) is 15.0 Å². The van der Waals surface area contributed by atoms with Gasteiger partial charge < -0.3 is 10.5 Å². The van der Waals surface area contributed by atoms with Crippen LogP contribution >= 0.6 is 11.3 Å². The highest BCUT2D eigenvalue weighted by Crippen LogP contribution is 2.24. The van der Waals surface area contributed by atoms with Crippen molar-refractivity contribution >= 4 is 23.1 Å². The number of carbonyl (C=O) groups is 1. The van der Waals surface area contributed by atoms with Gasteiger partial charge in [0.25, 0.3) is 0 Å². The van der Waals surface area contributed by atoms with E-state index in [4.69, 9.17) is 10.5 Å². The number of nitrogens with two attached hydrogens (primary N) is 1. The molecule has 0 spiro atoms. The molecular formula is C15H11FN4O2S. The Morgan fingerprint density at radius 2 is 1.96 bits per heavy atom. The molecule has 0 fully saturated rings. The van der Waals surface area contributed by atoms with Crippen molar-refractivity contribution in [3.05, 3.63) is 59.2 Å².